The maximum Gasteiger partial charge on any atom is 0.404 e. The van der Waals surface area contributed by atoms with E-state index < -0.39 is 6.09 Å². The van der Waals surface area contributed by atoms with Crippen molar-refractivity contribution in [3.8, 4) is 17.3 Å². The van der Waals surface area contributed by atoms with E-state index in [0.717, 1.165) is 34.4 Å². The number of benzene rings is 2. The summed E-state index contributed by atoms with van der Waals surface area (Å²) in [5, 5.41) is 22.4. The second-order valence-corrected chi connectivity index (χ2v) is 10.1. The Kier molecular flexibility index (Phi) is 6.98. The molecule has 5 rings (SSSR count). The van der Waals surface area contributed by atoms with E-state index in [2.05, 4.69) is 28.1 Å². The van der Waals surface area contributed by atoms with Crippen LogP contribution >= 0.6 is 0 Å². The van der Waals surface area contributed by atoms with Crippen molar-refractivity contribution in [2.45, 2.75) is 32.4 Å². The van der Waals surface area contributed by atoms with Crippen molar-refractivity contribution in [3.63, 3.8) is 0 Å². The van der Waals surface area contributed by atoms with Crippen molar-refractivity contribution >= 4 is 33.9 Å². The molecule has 2 aromatic heterocycles. The van der Waals surface area contributed by atoms with E-state index in [1.54, 1.807) is 24.1 Å². The molecule has 0 radical (unpaired) electrons. The van der Waals surface area contributed by atoms with Gasteiger partial charge in [-0.05, 0) is 43.0 Å². The molecule has 38 heavy (non-hydrogen) atoms. The van der Waals surface area contributed by atoms with E-state index in [1.807, 2.05) is 30.7 Å². The number of carbonyl (C=O) groups excluding carboxylic acids is 1. The Morgan fingerprint density at radius 2 is 2.03 bits per heavy atom. The van der Waals surface area contributed by atoms with E-state index in [-0.39, 0.29) is 24.5 Å². The zero-order valence-corrected chi connectivity index (χ0v) is 21.8. The number of hydrogen-bond acceptors (Lipinski definition) is 5. The Bertz CT molecular complexity index is 1510. The second-order valence-electron chi connectivity index (χ2n) is 10.1. The molecule has 2 atom stereocenters. The molecule has 10 nitrogen and oxygen atoms in total. The lowest BCUT2D eigenvalue weighted by molar-refractivity contribution is 0.0692. The SMILES string of the molecule is COc1cc(C(=O)N2CCC[C@@H](NC(=O)O)C2)cc2nc(-c3cc4ccccc4n3C[C@@H](C)CO)n(C)c12. The van der Waals surface area contributed by atoms with Crippen LogP contribution in [0.15, 0.2) is 42.5 Å². The first kappa shape index (κ1) is 25.6. The third-order valence-electron chi connectivity index (χ3n) is 7.28. The number of carbonyl (C=O) groups is 2. The standard InChI is InChI=1S/C28H33N5O5/c1-17(16-34)14-33-22-9-5-4-7-18(22)12-23(33)26-30-21-11-19(13-24(38-3)25(21)31(26)2)27(35)32-10-6-8-20(15-32)29-28(36)37/h4-5,7,9,11-13,17,20,29,34H,6,8,10,14-16H2,1-3H3,(H,36,37)/t17-,20-/m1/s1. The Balaban J connectivity index is 1.57. The predicted octanol–water partition coefficient (Wildman–Crippen LogP) is 3.70. The molecule has 0 aliphatic carbocycles. The first-order chi connectivity index (χ1) is 18.3. The monoisotopic (exact) mass is 519 g/mol. The maximum atomic E-state index is 13.5. The Hall–Kier alpha value is -4.05. The number of rotatable bonds is 7. The highest BCUT2D eigenvalue weighted by Gasteiger charge is 2.27. The van der Waals surface area contributed by atoms with Crippen LogP contribution in [0.1, 0.15) is 30.1 Å². The van der Waals surface area contributed by atoms with Crippen LogP contribution in [-0.4, -0.2) is 74.1 Å². The van der Waals surface area contributed by atoms with E-state index >= 15 is 0 Å². The number of carboxylic acid groups (broad SMARTS) is 1. The van der Waals surface area contributed by atoms with Crippen molar-refractivity contribution in [1.82, 2.24) is 24.3 Å². The second kappa shape index (κ2) is 10.4. The number of likely N-dealkylation sites (tertiary alicyclic amines) is 1. The van der Waals surface area contributed by atoms with Crippen LogP contribution in [0.25, 0.3) is 33.5 Å². The molecule has 1 saturated heterocycles. The summed E-state index contributed by atoms with van der Waals surface area (Å²) in [6.45, 7) is 3.60. The summed E-state index contributed by atoms with van der Waals surface area (Å²) in [7, 11) is 3.50. The Labute approximate surface area is 220 Å². The molecular formula is C28H33N5O5. The minimum Gasteiger partial charge on any atom is -0.494 e. The number of fused-ring (bicyclic) bond motifs is 2. The number of nitrogens with zero attached hydrogens (tertiary/aromatic N) is 4. The smallest absolute Gasteiger partial charge is 0.404 e. The fourth-order valence-corrected chi connectivity index (χ4v) is 5.42. The van der Waals surface area contributed by atoms with Gasteiger partial charge in [-0.2, -0.15) is 0 Å². The lowest BCUT2D eigenvalue weighted by Crippen LogP contribution is -2.49. The van der Waals surface area contributed by atoms with Gasteiger partial charge in [0.2, 0.25) is 0 Å². The molecule has 0 spiro atoms. The molecule has 1 fully saturated rings. The number of hydrogen-bond donors (Lipinski definition) is 3. The number of amides is 2. The highest BCUT2D eigenvalue weighted by molar-refractivity contribution is 6.00. The summed E-state index contributed by atoms with van der Waals surface area (Å²) in [6.07, 6.45) is 0.338. The van der Waals surface area contributed by atoms with Gasteiger partial charge in [-0.1, -0.05) is 25.1 Å². The number of aliphatic hydroxyl groups excluding tert-OH is 1. The first-order valence-corrected chi connectivity index (χ1v) is 12.8. The molecule has 0 saturated carbocycles. The van der Waals surface area contributed by atoms with Crippen LogP contribution in [0.4, 0.5) is 4.79 Å². The van der Waals surface area contributed by atoms with Crippen molar-refractivity contribution in [2.75, 3.05) is 26.8 Å². The molecule has 10 heteroatoms. The van der Waals surface area contributed by atoms with Gasteiger partial charge in [0.15, 0.2) is 5.82 Å². The number of methoxy groups -OCH3 is 1. The predicted molar refractivity (Wildman–Crippen MR) is 145 cm³/mol. The van der Waals surface area contributed by atoms with Crippen LogP contribution in [0.3, 0.4) is 0 Å². The summed E-state index contributed by atoms with van der Waals surface area (Å²) < 4.78 is 9.88. The number of nitrogens with one attached hydrogen (secondary N) is 1. The van der Waals surface area contributed by atoms with Crippen LogP contribution < -0.4 is 10.1 Å². The van der Waals surface area contributed by atoms with Crippen molar-refractivity contribution in [2.24, 2.45) is 13.0 Å². The number of aryl methyl sites for hydroxylation is 1. The summed E-state index contributed by atoms with van der Waals surface area (Å²) in [6, 6.07) is 13.4. The van der Waals surface area contributed by atoms with Gasteiger partial charge in [-0.3, -0.25) is 4.79 Å². The van der Waals surface area contributed by atoms with E-state index in [1.165, 1.54) is 0 Å². The topological polar surface area (TPSA) is 122 Å². The molecule has 3 N–H and O–H groups in total. The van der Waals surface area contributed by atoms with Crippen molar-refractivity contribution in [3.05, 3.63) is 48.0 Å². The normalized spacial score (nSPS) is 16.6. The van der Waals surface area contributed by atoms with Crippen LogP contribution in [0, 0.1) is 5.92 Å². The van der Waals surface area contributed by atoms with Crippen LogP contribution in [-0.2, 0) is 13.6 Å². The molecule has 2 aromatic carbocycles. The molecule has 0 bridgehead atoms. The van der Waals surface area contributed by atoms with Gasteiger partial charge in [-0.25, -0.2) is 9.78 Å². The van der Waals surface area contributed by atoms with Gasteiger partial charge < -0.3 is 34.3 Å². The molecule has 1 aliphatic rings. The summed E-state index contributed by atoms with van der Waals surface area (Å²) in [5.74, 6) is 1.14. The fraction of sp³-hybridized carbons (Fsp3) is 0.393. The third-order valence-corrected chi connectivity index (χ3v) is 7.28. The Morgan fingerprint density at radius 1 is 1.24 bits per heavy atom. The van der Waals surface area contributed by atoms with Gasteiger partial charge in [-0.15, -0.1) is 0 Å². The first-order valence-electron chi connectivity index (χ1n) is 12.8. The molecule has 0 unspecified atom stereocenters. The number of ether oxygens (including phenoxy) is 1. The third kappa shape index (κ3) is 4.67. The number of piperidine rings is 1. The maximum absolute atomic E-state index is 13.5. The van der Waals surface area contributed by atoms with Gasteiger partial charge in [0.05, 0.1) is 18.3 Å². The summed E-state index contributed by atoms with van der Waals surface area (Å²) in [4.78, 5) is 31.2. The lowest BCUT2D eigenvalue weighted by Gasteiger charge is -2.32. The van der Waals surface area contributed by atoms with Crippen LogP contribution in [0.2, 0.25) is 0 Å². The van der Waals surface area contributed by atoms with E-state index in [9.17, 15) is 14.7 Å². The summed E-state index contributed by atoms with van der Waals surface area (Å²) >= 11 is 0. The number of aromatic nitrogens is 3. The number of para-hydroxylation sites is 1. The zero-order valence-electron chi connectivity index (χ0n) is 21.8. The van der Waals surface area contributed by atoms with Crippen LogP contribution in [0.5, 0.6) is 5.75 Å². The molecule has 200 valence electrons. The zero-order chi connectivity index (χ0) is 27.0. The number of imidazole rings is 1. The molecule has 3 heterocycles. The average molecular weight is 520 g/mol. The van der Waals surface area contributed by atoms with Crippen molar-refractivity contribution < 1.29 is 24.5 Å². The van der Waals surface area contributed by atoms with E-state index in [4.69, 9.17) is 14.8 Å². The molecule has 2 amide bonds. The molecular weight excluding hydrogens is 486 g/mol. The molecule has 4 aromatic rings. The largest absolute Gasteiger partial charge is 0.494 e. The highest BCUT2D eigenvalue weighted by atomic mass is 16.5. The quantitative estimate of drug-likeness (QED) is 0.342. The van der Waals surface area contributed by atoms with E-state index in [0.29, 0.717) is 42.9 Å². The minimum absolute atomic E-state index is 0.0574. The van der Waals surface area contributed by atoms with Gasteiger partial charge in [0.1, 0.15) is 11.3 Å². The summed E-state index contributed by atoms with van der Waals surface area (Å²) in [5.41, 5.74) is 3.83. The fourth-order valence-electron chi connectivity index (χ4n) is 5.42. The minimum atomic E-state index is -1.08. The molecule has 1 aliphatic heterocycles. The van der Waals surface area contributed by atoms with Gasteiger partial charge in [0, 0.05) is 55.8 Å². The Morgan fingerprint density at radius 3 is 2.76 bits per heavy atom. The van der Waals surface area contributed by atoms with Crippen molar-refractivity contribution in [1.29, 1.82) is 0 Å². The average Bonchev–Trinajstić information content (AvgIpc) is 3.44. The number of aliphatic hydroxyl groups is 1. The van der Waals surface area contributed by atoms with Gasteiger partial charge >= 0.3 is 6.09 Å². The van der Waals surface area contributed by atoms with Gasteiger partial charge in [0.25, 0.3) is 5.91 Å². The highest BCUT2D eigenvalue weighted by Crippen LogP contribution is 2.35. The lowest BCUT2D eigenvalue weighted by atomic mass is 10.0.